The molecule has 2 saturated carbocycles. The van der Waals surface area contributed by atoms with Gasteiger partial charge in [0.25, 0.3) is 5.91 Å². The molecule has 3 aliphatic rings. The molecule has 1 amide bonds. The van der Waals surface area contributed by atoms with Gasteiger partial charge in [0.05, 0.1) is 11.3 Å². The van der Waals surface area contributed by atoms with Crippen molar-refractivity contribution in [2.75, 3.05) is 6.54 Å². The molecule has 2 aliphatic carbocycles. The van der Waals surface area contributed by atoms with E-state index in [1.54, 1.807) is 0 Å². The van der Waals surface area contributed by atoms with Gasteiger partial charge < -0.3 is 10.0 Å². The highest BCUT2D eigenvalue weighted by molar-refractivity contribution is 5.92. The number of fused-ring (bicyclic) bond motifs is 1. The van der Waals surface area contributed by atoms with Gasteiger partial charge in [-0.1, -0.05) is 43.2 Å². The average molecular weight is 365 g/mol. The number of aromatic amines is 1. The lowest BCUT2D eigenvalue weighted by Gasteiger charge is -2.52. The Morgan fingerprint density at radius 3 is 2.70 bits per heavy atom. The quantitative estimate of drug-likeness (QED) is 0.873. The minimum absolute atomic E-state index is 0.0430. The number of H-pyrrole nitrogens is 1. The van der Waals surface area contributed by atoms with Crippen LogP contribution in [-0.4, -0.2) is 38.7 Å². The Bertz CT molecular complexity index is 829. The van der Waals surface area contributed by atoms with Gasteiger partial charge in [-0.15, -0.1) is 0 Å². The summed E-state index contributed by atoms with van der Waals surface area (Å²) in [6, 6.07) is 12.1. The van der Waals surface area contributed by atoms with E-state index in [-0.39, 0.29) is 17.9 Å². The molecule has 27 heavy (non-hydrogen) atoms. The Morgan fingerprint density at radius 1 is 1.15 bits per heavy atom. The van der Waals surface area contributed by atoms with E-state index in [1.807, 2.05) is 41.3 Å². The number of benzene rings is 1. The van der Waals surface area contributed by atoms with Crippen LogP contribution in [0.1, 0.15) is 72.6 Å². The smallest absolute Gasteiger partial charge is 0.272 e. The molecule has 1 saturated heterocycles. The van der Waals surface area contributed by atoms with Crippen LogP contribution < -0.4 is 0 Å². The number of hydrogen-bond donors (Lipinski definition) is 2. The summed E-state index contributed by atoms with van der Waals surface area (Å²) in [6.07, 6.45) is 7.12. The monoisotopic (exact) mass is 365 g/mol. The van der Waals surface area contributed by atoms with Gasteiger partial charge in [-0.3, -0.25) is 9.89 Å². The second kappa shape index (κ2) is 6.48. The van der Waals surface area contributed by atoms with E-state index in [0.717, 1.165) is 36.9 Å². The van der Waals surface area contributed by atoms with E-state index < -0.39 is 5.60 Å². The number of piperidine rings is 1. The molecule has 5 nitrogen and oxygen atoms in total. The lowest BCUT2D eigenvalue weighted by atomic mass is 9.66. The largest absolute Gasteiger partial charge is 0.385 e. The number of aliphatic hydroxyl groups is 1. The zero-order chi connectivity index (χ0) is 18.4. The number of likely N-dealkylation sites (tertiary alicyclic amines) is 1. The van der Waals surface area contributed by atoms with E-state index in [2.05, 4.69) is 10.2 Å². The van der Waals surface area contributed by atoms with Crippen LogP contribution in [0.4, 0.5) is 0 Å². The maximum Gasteiger partial charge on any atom is 0.272 e. The molecular weight excluding hydrogens is 338 g/mol. The summed E-state index contributed by atoms with van der Waals surface area (Å²) in [7, 11) is 0. The van der Waals surface area contributed by atoms with Gasteiger partial charge in [-0.2, -0.15) is 5.10 Å². The maximum atomic E-state index is 13.2. The van der Waals surface area contributed by atoms with Crippen molar-refractivity contribution in [3.05, 3.63) is 53.3 Å². The fourth-order valence-electron chi connectivity index (χ4n) is 5.21. The molecule has 1 aromatic carbocycles. The maximum absolute atomic E-state index is 13.2. The molecule has 5 rings (SSSR count). The standard InChI is InChI=1S/C22H27N3O2/c26-21(19-14-18(23-24-19)15-10-11-15)25-13-12-22(27,16-6-2-1-3-7-16)17-8-4-5-9-20(17)25/h1-3,6-7,14-15,17,20,27H,4-5,8-13H2,(H,23,24)/t17-,20+,22-/m0/s1. The Labute approximate surface area is 159 Å². The average Bonchev–Trinajstić information content (AvgIpc) is 3.45. The summed E-state index contributed by atoms with van der Waals surface area (Å²) in [5, 5.41) is 19.0. The molecule has 0 bridgehead atoms. The Hall–Kier alpha value is -2.14. The second-order valence-corrected chi connectivity index (χ2v) is 8.48. The highest BCUT2D eigenvalue weighted by Crippen LogP contribution is 2.47. The van der Waals surface area contributed by atoms with Gasteiger partial charge in [0.15, 0.2) is 0 Å². The van der Waals surface area contributed by atoms with Crippen LogP contribution in [0.25, 0.3) is 0 Å². The molecular formula is C22H27N3O2. The van der Waals surface area contributed by atoms with Crippen molar-refractivity contribution in [2.45, 2.75) is 62.5 Å². The summed E-state index contributed by atoms with van der Waals surface area (Å²) in [5.41, 5.74) is 1.78. The van der Waals surface area contributed by atoms with E-state index in [9.17, 15) is 9.90 Å². The van der Waals surface area contributed by atoms with E-state index >= 15 is 0 Å². The van der Waals surface area contributed by atoms with Crippen LogP contribution >= 0.6 is 0 Å². The fourth-order valence-corrected chi connectivity index (χ4v) is 5.21. The number of carbonyl (C=O) groups excluding carboxylic acids is 1. The fraction of sp³-hybridized carbons (Fsp3) is 0.545. The second-order valence-electron chi connectivity index (χ2n) is 8.48. The van der Waals surface area contributed by atoms with Gasteiger partial charge >= 0.3 is 0 Å². The van der Waals surface area contributed by atoms with Crippen LogP contribution in [0.15, 0.2) is 36.4 Å². The van der Waals surface area contributed by atoms with E-state index in [1.165, 1.54) is 12.8 Å². The van der Waals surface area contributed by atoms with Crippen molar-refractivity contribution in [1.29, 1.82) is 0 Å². The molecule has 2 aromatic rings. The molecule has 2 heterocycles. The topological polar surface area (TPSA) is 69.2 Å². The molecule has 1 aromatic heterocycles. The Balaban J connectivity index is 1.43. The van der Waals surface area contributed by atoms with Crippen molar-refractivity contribution in [1.82, 2.24) is 15.1 Å². The van der Waals surface area contributed by atoms with Crippen molar-refractivity contribution in [3.8, 4) is 0 Å². The lowest BCUT2D eigenvalue weighted by molar-refractivity contribution is -0.110. The SMILES string of the molecule is O=C(c1cc(C2CC2)n[nH]1)N1CC[C@](O)(c2ccccc2)[C@H]2CCCC[C@H]21. The van der Waals surface area contributed by atoms with Crippen molar-refractivity contribution in [3.63, 3.8) is 0 Å². The molecule has 3 atom stereocenters. The highest BCUT2D eigenvalue weighted by atomic mass is 16.3. The Kier molecular flexibility index (Phi) is 4.08. The third-order valence-electron chi connectivity index (χ3n) is 6.84. The Morgan fingerprint density at radius 2 is 1.93 bits per heavy atom. The van der Waals surface area contributed by atoms with Crippen molar-refractivity contribution >= 4 is 5.91 Å². The lowest BCUT2D eigenvalue weighted by Crippen LogP contribution is -2.59. The number of amides is 1. The zero-order valence-electron chi connectivity index (χ0n) is 15.6. The summed E-state index contributed by atoms with van der Waals surface area (Å²) >= 11 is 0. The molecule has 142 valence electrons. The third-order valence-corrected chi connectivity index (χ3v) is 6.84. The first-order chi connectivity index (χ1) is 13.2. The molecule has 0 spiro atoms. The first kappa shape index (κ1) is 17.0. The molecule has 5 heteroatoms. The van der Waals surface area contributed by atoms with E-state index in [4.69, 9.17) is 0 Å². The summed E-state index contributed by atoms with van der Waals surface area (Å²) < 4.78 is 0. The van der Waals surface area contributed by atoms with Crippen LogP contribution in [0.3, 0.4) is 0 Å². The number of hydrogen-bond acceptors (Lipinski definition) is 3. The normalized spacial score (nSPS) is 30.8. The van der Waals surface area contributed by atoms with E-state index in [0.29, 0.717) is 24.6 Å². The third kappa shape index (κ3) is 2.89. The van der Waals surface area contributed by atoms with Crippen LogP contribution in [0.5, 0.6) is 0 Å². The van der Waals surface area contributed by atoms with Crippen LogP contribution in [-0.2, 0) is 5.60 Å². The molecule has 3 fully saturated rings. The summed E-state index contributed by atoms with van der Waals surface area (Å²) in [6.45, 7) is 0.586. The number of nitrogens with one attached hydrogen (secondary N) is 1. The van der Waals surface area contributed by atoms with Gasteiger partial charge in [-0.25, -0.2) is 0 Å². The van der Waals surface area contributed by atoms with Crippen LogP contribution in [0.2, 0.25) is 0 Å². The van der Waals surface area contributed by atoms with Crippen LogP contribution in [0, 0.1) is 5.92 Å². The summed E-state index contributed by atoms with van der Waals surface area (Å²) in [5.74, 6) is 0.674. The first-order valence-electron chi connectivity index (χ1n) is 10.3. The van der Waals surface area contributed by atoms with Gasteiger partial charge in [0.2, 0.25) is 0 Å². The highest BCUT2D eigenvalue weighted by Gasteiger charge is 2.50. The van der Waals surface area contributed by atoms with Gasteiger partial charge in [0.1, 0.15) is 5.69 Å². The summed E-state index contributed by atoms with van der Waals surface area (Å²) in [4.78, 5) is 15.2. The van der Waals surface area contributed by atoms with Gasteiger partial charge in [0, 0.05) is 24.4 Å². The molecule has 2 N–H and O–H groups in total. The van der Waals surface area contributed by atoms with Crippen molar-refractivity contribution < 1.29 is 9.90 Å². The minimum Gasteiger partial charge on any atom is -0.385 e. The molecule has 0 unspecified atom stereocenters. The minimum atomic E-state index is -0.837. The zero-order valence-corrected chi connectivity index (χ0v) is 15.6. The van der Waals surface area contributed by atoms with Gasteiger partial charge in [-0.05, 0) is 43.7 Å². The first-order valence-corrected chi connectivity index (χ1v) is 10.3. The number of nitrogens with zero attached hydrogens (tertiary/aromatic N) is 2. The predicted octanol–water partition coefficient (Wildman–Crippen LogP) is 3.58. The number of rotatable bonds is 3. The number of carbonyl (C=O) groups is 1. The van der Waals surface area contributed by atoms with Crippen molar-refractivity contribution in [2.24, 2.45) is 5.92 Å². The predicted molar refractivity (Wildman–Crippen MR) is 102 cm³/mol. The number of aromatic nitrogens is 2. The molecule has 0 radical (unpaired) electrons. The molecule has 1 aliphatic heterocycles.